The van der Waals surface area contributed by atoms with Gasteiger partial charge in [-0.25, -0.2) is 0 Å². The van der Waals surface area contributed by atoms with Gasteiger partial charge in [0.05, 0.1) is 6.10 Å². The highest BCUT2D eigenvalue weighted by Crippen LogP contribution is 2.35. The monoisotopic (exact) mass is 281 g/mol. The van der Waals surface area contributed by atoms with Crippen LogP contribution in [0.1, 0.15) is 63.4 Å². The third-order valence-corrected chi connectivity index (χ3v) is 5.30. The second kappa shape index (κ2) is 7.41. The van der Waals surface area contributed by atoms with Crippen molar-refractivity contribution in [3.63, 3.8) is 0 Å². The molecule has 4 unspecified atom stereocenters. The highest BCUT2D eigenvalue weighted by molar-refractivity contribution is 7.10. The first-order valence-electron chi connectivity index (χ1n) is 7.70. The van der Waals surface area contributed by atoms with Crippen molar-refractivity contribution in [2.75, 3.05) is 0 Å². The molecule has 4 atom stereocenters. The summed E-state index contributed by atoms with van der Waals surface area (Å²) in [4.78, 5) is 1.29. The van der Waals surface area contributed by atoms with Crippen molar-refractivity contribution in [2.45, 2.75) is 70.6 Å². The predicted octanol–water partition coefficient (Wildman–Crippen LogP) is 4.51. The van der Waals surface area contributed by atoms with Crippen molar-refractivity contribution in [1.82, 2.24) is 0 Å². The smallest absolute Gasteiger partial charge is 0.107 e. The standard InChI is InChI=1S/C16H27NOS/c1-3-12-8-5-6-9-14(12)18-16(13(17)4-2)15-10-7-11-19-15/h7,10-14,16H,3-6,8-9,17H2,1-2H3. The molecule has 1 fully saturated rings. The lowest BCUT2D eigenvalue weighted by atomic mass is 9.84. The van der Waals surface area contributed by atoms with Crippen LogP contribution in [0.4, 0.5) is 0 Å². The minimum atomic E-state index is 0.0853. The van der Waals surface area contributed by atoms with Crippen molar-refractivity contribution in [3.8, 4) is 0 Å². The van der Waals surface area contributed by atoms with Gasteiger partial charge in [-0.1, -0.05) is 39.2 Å². The summed E-state index contributed by atoms with van der Waals surface area (Å²) in [6.07, 6.45) is 7.87. The van der Waals surface area contributed by atoms with Gasteiger partial charge in [0, 0.05) is 10.9 Å². The van der Waals surface area contributed by atoms with Crippen LogP contribution in [-0.2, 0) is 4.74 Å². The fourth-order valence-electron chi connectivity index (χ4n) is 3.05. The van der Waals surface area contributed by atoms with Crippen LogP contribution in [0.5, 0.6) is 0 Å². The Labute approximate surface area is 121 Å². The topological polar surface area (TPSA) is 35.2 Å². The summed E-state index contributed by atoms with van der Waals surface area (Å²) in [6, 6.07) is 4.36. The van der Waals surface area contributed by atoms with E-state index >= 15 is 0 Å². The maximum atomic E-state index is 6.48. The number of rotatable bonds is 6. The lowest BCUT2D eigenvalue weighted by Gasteiger charge is -2.35. The minimum absolute atomic E-state index is 0.0853. The van der Waals surface area contributed by atoms with Gasteiger partial charge in [-0.3, -0.25) is 0 Å². The van der Waals surface area contributed by atoms with Crippen LogP contribution < -0.4 is 5.73 Å². The van der Waals surface area contributed by atoms with Crippen LogP contribution >= 0.6 is 11.3 Å². The molecule has 0 bridgehead atoms. The van der Waals surface area contributed by atoms with E-state index in [9.17, 15) is 0 Å². The van der Waals surface area contributed by atoms with Crippen LogP contribution in [0.15, 0.2) is 17.5 Å². The molecule has 1 saturated carbocycles. The van der Waals surface area contributed by atoms with Gasteiger partial charge in [0.1, 0.15) is 6.10 Å². The van der Waals surface area contributed by atoms with E-state index in [4.69, 9.17) is 10.5 Å². The SMILES string of the molecule is CCC(N)C(OC1CCCCC1CC)c1cccs1. The van der Waals surface area contributed by atoms with E-state index in [0.717, 1.165) is 12.3 Å². The molecule has 2 rings (SSSR count). The molecular formula is C16H27NOS. The van der Waals surface area contributed by atoms with E-state index < -0.39 is 0 Å². The van der Waals surface area contributed by atoms with Gasteiger partial charge in [-0.05, 0) is 36.6 Å². The second-order valence-corrected chi connectivity index (χ2v) is 6.61. The Kier molecular flexibility index (Phi) is 5.86. The molecule has 0 spiro atoms. The maximum Gasteiger partial charge on any atom is 0.107 e. The average Bonchev–Trinajstić information content (AvgIpc) is 2.98. The Morgan fingerprint density at radius 1 is 1.37 bits per heavy atom. The van der Waals surface area contributed by atoms with Crippen LogP contribution in [-0.4, -0.2) is 12.1 Å². The second-order valence-electron chi connectivity index (χ2n) is 5.64. The van der Waals surface area contributed by atoms with E-state index in [0.29, 0.717) is 6.10 Å². The van der Waals surface area contributed by atoms with Crippen LogP contribution in [0.25, 0.3) is 0 Å². The molecule has 1 aliphatic carbocycles. The van der Waals surface area contributed by atoms with E-state index in [1.807, 2.05) is 0 Å². The lowest BCUT2D eigenvalue weighted by Crippen LogP contribution is -2.36. The Balaban J connectivity index is 2.06. The summed E-state index contributed by atoms with van der Waals surface area (Å²) in [5.74, 6) is 0.722. The summed E-state index contributed by atoms with van der Waals surface area (Å²) in [5.41, 5.74) is 6.29. The van der Waals surface area contributed by atoms with Crippen molar-refractivity contribution in [2.24, 2.45) is 11.7 Å². The molecule has 3 heteroatoms. The predicted molar refractivity (Wildman–Crippen MR) is 82.4 cm³/mol. The third-order valence-electron chi connectivity index (χ3n) is 4.37. The Morgan fingerprint density at radius 3 is 2.79 bits per heavy atom. The molecule has 2 nitrogen and oxygen atoms in total. The van der Waals surface area contributed by atoms with Gasteiger partial charge in [-0.15, -0.1) is 11.3 Å². The van der Waals surface area contributed by atoms with Crippen LogP contribution in [0.2, 0.25) is 0 Å². The van der Waals surface area contributed by atoms with Gasteiger partial charge < -0.3 is 10.5 Å². The molecule has 1 heterocycles. The average molecular weight is 281 g/mol. The van der Waals surface area contributed by atoms with Crippen LogP contribution in [0, 0.1) is 5.92 Å². The molecule has 108 valence electrons. The van der Waals surface area contributed by atoms with Crippen LogP contribution in [0.3, 0.4) is 0 Å². The Bertz CT molecular complexity index is 352. The third kappa shape index (κ3) is 3.80. The molecule has 0 saturated heterocycles. The Hall–Kier alpha value is -0.380. The highest BCUT2D eigenvalue weighted by Gasteiger charge is 2.30. The maximum absolute atomic E-state index is 6.48. The van der Waals surface area contributed by atoms with Crippen molar-refractivity contribution >= 4 is 11.3 Å². The largest absolute Gasteiger partial charge is 0.368 e. The van der Waals surface area contributed by atoms with E-state index in [1.165, 1.54) is 37.0 Å². The summed E-state index contributed by atoms with van der Waals surface area (Å²) < 4.78 is 6.48. The molecule has 19 heavy (non-hydrogen) atoms. The molecule has 1 aromatic rings. The molecule has 0 radical (unpaired) electrons. The first kappa shape index (κ1) is 15.0. The number of ether oxygens (including phenoxy) is 1. The first-order chi connectivity index (χ1) is 9.26. The van der Waals surface area contributed by atoms with E-state index in [-0.39, 0.29) is 12.1 Å². The summed E-state index contributed by atoms with van der Waals surface area (Å²) in [5, 5.41) is 2.12. The normalized spacial score (nSPS) is 27.1. The van der Waals surface area contributed by atoms with Crippen molar-refractivity contribution in [1.29, 1.82) is 0 Å². The molecule has 1 aromatic heterocycles. The molecular weight excluding hydrogens is 254 g/mol. The van der Waals surface area contributed by atoms with Crippen molar-refractivity contribution in [3.05, 3.63) is 22.4 Å². The van der Waals surface area contributed by atoms with Crippen molar-refractivity contribution < 1.29 is 4.74 Å². The minimum Gasteiger partial charge on any atom is -0.368 e. The summed E-state index contributed by atoms with van der Waals surface area (Å²) in [6.45, 7) is 4.43. The van der Waals surface area contributed by atoms with Gasteiger partial charge in [0.15, 0.2) is 0 Å². The van der Waals surface area contributed by atoms with Gasteiger partial charge in [-0.2, -0.15) is 0 Å². The highest BCUT2D eigenvalue weighted by atomic mass is 32.1. The van der Waals surface area contributed by atoms with Gasteiger partial charge >= 0.3 is 0 Å². The summed E-state index contributed by atoms with van der Waals surface area (Å²) >= 11 is 1.77. The zero-order chi connectivity index (χ0) is 13.7. The fourth-order valence-corrected chi connectivity index (χ4v) is 3.89. The molecule has 0 aliphatic heterocycles. The molecule has 1 aliphatic rings. The number of thiophene rings is 1. The lowest BCUT2D eigenvalue weighted by molar-refractivity contribution is -0.0710. The quantitative estimate of drug-likeness (QED) is 0.832. The fraction of sp³-hybridized carbons (Fsp3) is 0.750. The molecule has 2 N–H and O–H groups in total. The molecule has 0 aromatic carbocycles. The summed E-state index contributed by atoms with van der Waals surface area (Å²) in [7, 11) is 0. The van der Waals surface area contributed by atoms with E-state index in [1.54, 1.807) is 11.3 Å². The first-order valence-corrected chi connectivity index (χ1v) is 8.58. The number of hydrogen-bond acceptors (Lipinski definition) is 3. The number of nitrogens with two attached hydrogens (primary N) is 1. The van der Waals surface area contributed by atoms with E-state index in [2.05, 4.69) is 31.4 Å². The zero-order valence-corrected chi connectivity index (χ0v) is 13.0. The number of hydrogen-bond donors (Lipinski definition) is 1. The van der Waals surface area contributed by atoms with Gasteiger partial charge in [0.2, 0.25) is 0 Å². The van der Waals surface area contributed by atoms with Gasteiger partial charge in [0.25, 0.3) is 0 Å². The Morgan fingerprint density at radius 2 is 2.16 bits per heavy atom. The zero-order valence-electron chi connectivity index (χ0n) is 12.2. The molecule has 0 amide bonds.